The van der Waals surface area contributed by atoms with E-state index in [0.29, 0.717) is 22.9 Å². The summed E-state index contributed by atoms with van der Waals surface area (Å²) in [7, 11) is -2.29. The van der Waals surface area contributed by atoms with E-state index in [0.717, 1.165) is 0 Å². The summed E-state index contributed by atoms with van der Waals surface area (Å²) in [5, 5.41) is 2.72. The number of ether oxygens (including phenoxy) is 1. The summed E-state index contributed by atoms with van der Waals surface area (Å²) in [6, 6.07) is 17.6. The van der Waals surface area contributed by atoms with Gasteiger partial charge in [-0.2, -0.15) is 0 Å². The molecule has 0 bridgehead atoms. The first-order valence-electron chi connectivity index (χ1n) is 10.3. The monoisotopic (exact) mass is 465 g/mol. The number of carbonyl (C=O) groups excluding carboxylic acids is 2. The zero-order valence-corrected chi connectivity index (χ0v) is 19.1. The number of carbonyl (C=O) groups is 2. The van der Waals surface area contributed by atoms with Gasteiger partial charge in [-0.3, -0.25) is 14.3 Å². The molecule has 4 rings (SSSR count). The van der Waals surface area contributed by atoms with Crippen LogP contribution in [0.4, 0.5) is 17.1 Å². The molecule has 0 unspecified atom stereocenters. The highest BCUT2D eigenvalue weighted by atomic mass is 32.2. The number of nitrogens with one attached hydrogen (secondary N) is 2. The average molecular weight is 466 g/mol. The van der Waals surface area contributed by atoms with Crippen LogP contribution >= 0.6 is 0 Å². The van der Waals surface area contributed by atoms with Gasteiger partial charge in [0.05, 0.1) is 16.1 Å². The van der Waals surface area contributed by atoms with Crippen LogP contribution in [0.25, 0.3) is 0 Å². The lowest BCUT2D eigenvalue weighted by atomic mass is 10.1. The Kier molecular flexibility index (Phi) is 5.82. The third kappa shape index (κ3) is 4.54. The summed E-state index contributed by atoms with van der Waals surface area (Å²) in [5.41, 5.74) is 1.58. The lowest BCUT2D eigenvalue weighted by Crippen LogP contribution is -2.25. The van der Waals surface area contributed by atoms with Gasteiger partial charge >= 0.3 is 0 Å². The fourth-order valence-electron chi connectivity index (χ4n) is 3.30. The molecule has 3 aromatic rings. The highest BCUT2D eigenvalue weighted by molar-refractivity contribution is 7.92. The topological polar surface area (TPSA) is 105 Å². The van der Waals surface area contributed by atoms with E-state index in [-0.39, 0.29) is 33.9 Å². The first-order valence-corrected chi connectivity index (χ1v) is 11.8. The second-order valence-corrected chi connectivity index (χ2v) is 9.60. The van der Waals surface area contributed by atoms with Crippen LogP contribution in [0.15, 0.2) is 71.6 Å². The summed E-state index contributed by atoms with van der Waals surface area (Å²) < 4.78 is 34.2. The highest BCUT2D eigenvalue weighted by Gasteiger charge is 2.26. The fourth-order valence-corrected chi connectivity index (χ4v) is 4.35. The average Bonchev–Trinajstić information content (AvgIpc) is 2.89. The Balaban J connectivity index is 1.58. The Labute approximate surface area is 192 Å². The molecule has 1 aliphatic heterocycles. The van der Waals surface area contributed by atoms with E-state index in [1.165, 1.54) is 41.3 Å². The van der Waals surface area contributed by atoms with E-state index in [4.69, 9.17) is 4.74 Å². The third-order valence-corrected chi connectivity index (χ3v) is 6.57. The Morgan fingerprint density at radius 1 is 0.939 bits per heavy atom. The number of rotatable bonds is 5. The Morgan fingerprint density at radius 2 is 1.61 bits per heavy atom. The number of hydrogen-bond donors (Lipinski definition) is 2. The SMILES string of the molecule is CC(C)C(=O)Nc1ccc(S(=O)(=O)Nc2ccc3c(c2)C(=O)N(C)c2ccccc2O3)cc1. The smallest absolute Gasteiger partial charge is 0.261 e. The van der Waals surface area contributed by atoms with Crippen LogP contribution in [0.3, 0.4) is 0 Å². The number of fused-ring (bicyclic) bond motifs is 2. The molecule has 9 heteroatoms. The number of nitrogens with zero attached hydrogens (tertiary/aromatic N) is 1. The zero-order valence-electron chi connectivity index (χ0n) is 18.3. The van der Waals surface area contributed by atoms with Crippen molar-refractivity contribution < 1.29 is 22.7 Å². The van der Waals surface area contributed by atoms with Gasteiger partial charge in [0.2, 0.25) is 5.91 Å². The van der Waals surface area contributed by atoms with Gasteiger partial charge in [-0.05, 0) is 54.6 Å². The molecular weight excluding hydrogens is 442 g/mol. The van der Waals surface area contributed by atoms with E-state index >= 15 is 0 Å². The van der Waals surface area contributed by atoms with Gasteiger partial charge in [0.25, 0.3) is 15.9 Å². The summed E-state index contributed by atoms with van der Waals surface area (Å²) >= 11 is 0. The van der Waals surface area contributed by atoms with Crippen molar-refractivity contribution in [3.8, 4) is 11.5 Å². The van der Waals surface area contributed by atoms with Gasteiger partial charge in [0, 0.05) is 24.3 Å². The van der Waals surface area contributed by atoms with E-state index in [9.17, 15) is 18.0 Å². The zero-order chi connectivity index (χ0) is 23.8. The molecular formula is C24H23N3O5S. The molecule has 0 saturated heterocycles. The van der Waals surface area contributed by atoms with E-state index in [2.05, 4.69) is 10.0 Å². The molecule has 1 heterocycles. The molecule has 0 spiro atoms. The van der Waals surface area contributed by atoms with Crippen molar-refractivity contribution in [2.45, 2.75) is 18.7 Å². The molecule has 170 valence electrons. The Bertz CT molecular complexity index is 1330. The second-order valence-electron chi connectivity index (χ2n) is 7.92. The maximum absolute atomic E-state index is 13.0. The molecule has 0 aromatic heterocycles. The molecule has 0 saturated carbocycles. The normalized spacial score (nSPS) is 13.0. The van der Waals surface area contributed by atoms with Crippen molar-refractivity contribution in [2.75, 3.05) is 22.0 Å². The van der Waals surface area contributed by atoms with Crippen molar-refractivity contribution in [3.05, 3.63) is 72.3 Å². The standard InChI is InChI=1S/C24H23N3O5S/c1-15(2)23(28)25-16-8-11-18(12-9-16)33(30,31)26-17-10-13-21-19(14-17)24(29)27(3)20-6-4-5-7-22(20)32-21/h4-15,26H,1-3H3,(H,25,28). The third-order valence-electron chi connectivity index (χ3n) is 5.17. The van der Waals surface area contributed by atoms with Gasteiger partial charge in [-0.1, -0.05) is 26.0 Å². The Hall–Kier alpha value is -3.85. The molecule has 0 radical (unpaired) electrons. The molecule has 0 fully saturated rings. The number of amides is 2. The van der Waals surface area contributed by atoms with Crippen LogP contribution in [0, 0.1) is 5.92 Å². The summed E-state index contributed by atoms with van der Waals surface area (Å²) in [4.78, 5) is 26.3. The maximum Gasteiger partial charge on any atom is 0.261 e. The van der Waals surface area contributed by atoms with Gasteiger partial charge in [-0.25, -0.2) is 8.42 Å². The van der Waals surface area contributed by atoms with E-state index < -0.39 is 10.0 Å². The van der Waals surface area contributed by atoms with Crippen molar-refractivity contribution in [1.82, 2.24) is 0 Å². The first-order chi connectivity index (χ1) is 15.7. The number of sulfonamides is 1. The van der Waals surface area contributed by atoms with E-state index in [1.54, 1.807) is 45.2 Å². The number of anilines is 3. The lowest BCUT2D eigenvalue weighted by Gasteiger charge is -2.16. The van der Waals surface area contributed by atoms with Crippen LogP contribution in [-0.4, -0.2) is 27.3 Å². The highest BCUT2D eigenvalue weighted by Crippen LogP contribution is 2.39. The summed E-state index contributed by atoms with van der Waals surface area (Å²) in [6.45, 7) is 3.54. The summed E-state index contributed by atoms with van der Waals surface area (Å²) in [5.74, 6) is 0.200. The van der Waals surface area contributed by atoms with E-state index in [1.807, 2.05) is 6.07 Å². The largest absolute Gasteiger partial charge is 0.454 e. The quantitative estimate of drug-likeness (QED) is 0.579. The minimum Gasteiger partial charge on any atom is -0.454 e. The van der Waals surface area contributed by atoms with Gasteiger partial charge in [-0.15, -0.1) is 0 Å². The Morgan fingerprint density at radius 3 is 2.30 bits per heavy atom. The molecule has 2 N–H and O–H groups in total. The van der Waals surface area contributed by atoms with Crippen LogP contribution in [-0.2, 0) is 14.8 Å². The minimum atomic E-state index is -3.92. The van der Waals surface area contributed by atoms with Crippen LogP contribution < -0.4 is 19.7 Å². The predicted octanol–water partition coefficient (Wildman–Crippen LogP) is 4.46. The lowest BCUT2D eigenvalue weighted by molar-refractivity contribution is -0.118. The predicted molar refractivity (Wildman–Crippen MR) is 126 cm³/mol. The van der Waals surface area contributed by atoms with Crippen LogP contribution in [0.5, 0.6) is 11.5 Å². The first kappa shape index (κ1) is 22.3. The van der Waals surface area contributed by atoms with Gasteiger partial charge in [0.1, 0.15) is 5.75 Å². The number of para-hydroxylation sites is 2. The fraction of sp³-hybridized carbons (Fsp3) is 0.167. The molecule has 2 amide bonds. The summed E-state index contributed by atoms with van der Waals surface area (Å²) in [6.07, 6.45) is 0. The molecule has 0 aliphatic carbocycles. The molecule has 3 aromatic carbocycles. The van der Waals surface area contributed by atoms with Gasteiger partial charge in [0.15, 0.2) is 5.75 Å². The molecule has 0 atom stereocenters. The minimum absolute atomic E-state index is 0.0205. The molecule has 33 heavy (non-hydrogen) atoms. The van der Waals surface area contributed by atoms with Crippen LogP contribution in [0.1, 0.15) is 24.2 Å². The number of benzene rings is 3. The van der Waals surface area contributed by atoms with Crippen molar-refractivity contribution >= 4 is 38.9 Å². The second kappa shape index (κ2) is 8.59. The van der Waals surface area contributed by atoms with Crippen molar-refractivity contribution in [2.24, 2.45) is 5.92 Å². The van der Waals surface area contributed by atoms with Crippen molar-refractivity contribution in [3.63, 3.8) is 0 Å². The number of hydrogen-bond acceptors (Lipinski definition) is 5. The molecule has 8 nitrogen and oxygen atoms in total. The molecule has 1 aliphatic rings. The van der Waals surface area contributed by atoms with Crippen LogP contribution in [0.2, 0.25) is 0 Å². The van der Waals surface area contributed by atoms with Crippen molar-refractivity contribution in [1.29, 1.82) is 0 Å². The van der Waals surface area contributed by atoms with Gasteiger partial charge < -0.3 is 15.0 Å². The maximum atomic E-state index is 13.0.